The normalized spacial score (nSPS) is 12.2. The second kappa shape index (κ2) is 8.00. The molecule has 0 aliphatic carbocycles. The molecule has 2 aromatic carbocycles. The summed E-state index contributed by atoms with van der Waals surface area (Å²) in [5.41, 5.74) is 2.03. The molecule has 2 aromatic rings. The van der Waals surface area contributed by atoms with Crippen molar-refractivity contribution in [2.45, 2.75) is 38.0 Å². The molecule has 0 atom stereocenters. The summed E-state index contributed by atoms with van der Waals surface area (Å²) < 4.78 is 36.0. The van der Waals surface area contributed by atoms with Crippen LogP contribution in [0.2, 0.25) is 0 Å². The topological polar surface area (TPSA) is 77.0 Å². The van der Waals surface area contributed by atoms with Gasteiger partial charge in [-0.05, 0) is 41.7 Å². The quantitative estimate of drug-likeness (QED) is 0.604. The van der Waals surface area contributed by atoms with E-state index in [1.807, 2.05) is 32.9 Å². The van der Waals surface area contributed by atoms with Crippen LogP contribution < -0.4 is 14.3 Å². The van der Waals surface area contributed by atoms with Gasteiger partial charge in [0.2, 0.25) is 0 Å². The highest BCUT2D eigenvalue weighted by Gasteiger charge is 2.21. The van der Waals surface area contributed by atoms with Crippen molar-refractivity contribution in [3.63, 3.8) is 0 Å². The summed E-state index contributed by atoms with van der Waals surface area (Å²) in [4.78, 5) is 2.49. The number of hydrogen-bond acceptors (Lipinski definition) is 5. The van der Waals surface area contributed by atoms with E-state index in [2.05, 4.69) is 9.93 Å². The lowest BCUT2D eigenvalue weighted by Crippen LogP contribution is -2.21. The van der Waals surface area contributed by atoms with Crippen LogP contribution in [0.4, 0.5) is 0 Å². The van der Waals surface area contributed by atoms with E-state index in [1.165, 1.54) is 20.4 Å². The highest BCUT2D eigenvalue weighted by molar-refractivity contribution is 7.89. The first-order valence-corrected chi connectivity index (χ1v) is 9.95. The Labute approximate surface area is 161 Å². The van der Waals surface area contributed by atoms with Gasteiger partial charge in [-0.25, -0.2) is 4.83 Å². The van der Waals surface area contributed by atoms with Crippen LogP contribution in [0.25, 0.3) is 0 Å². The van der Waals surface area contributed by atoms with Gasteiger partial charge in [-0.3, -0.25) is 0 Å². The molecule has 0 aliphatic heterocycles. The van der Waals surface area contributed by atoms with E-state index in [0.717, 1.165) is 5.56 Å². The number of hydrogen-bond donors (Lipinski definition) is 1. The van der Waals surface area contributed by atoms with Crippen molar-refractivity contribution >= 4 is 16.2 Å². The Hall–Kier alpha value is -2.54. The summed E-state index contributed by atoms with van der Waals surface area (Å²) >= 11 is 0. The number of hydrazone groups is 1. The minimum Gasteiger partial charge on any atom is -0.493 e. The summed E-state index contributed by atoms with van der Waals surface area (Å²) in [6, 6.07) is 10.7. The average Bonchev–Trinajstić information content (AvgIpc) is 2.60. The first kappa shape index (κ1) is 20.8. The van der Waals surface area contributed by atoms with Gasteiger partial charge >= 0.3 is 0 Å². The molecule has 6 nitrogen and oxygen atoms in total. The van der Waals surface area contributed by atoms with Crippen molar-refractivity contribution in [3.8, 4) is 11.5 Å². The molecule has 0 radical (unpaired) electrons. The van der Waals surface area contributed by atoms with E-state index in [0.29, 0.717) is 22.6 Å². The molecule has 0 saturated heterocycles. The van der Waals surface area contributed by atoms with E-state index < -0.39 is 10.0 Å². The molecule has 146 valence electrons. The summed E-state index contributed by atoms with van der Waals surface area (Å²) in [5.74, 6) is 1.02. The summed E-state index contributed by atoms with van der Waals surface area (Å²) in [5, 5.41) is 3.91. The van der Waals surface area contributed by atoms with Crippen LogP contribution in [0.3, 0.4) is 0 Å². The van der Waals surface area contributed by atoms with E-state index in [4.69, 9.17) is 9.47 Å². The van der Waals surface area contributed by atoms with E-state index in [9.17, 15) is 8.42 Å². The van der Waals surface area contributed by atoms with Gasteiger partial charge in [0.1, 0.15) is 0 Å². The van der Waals surface area contributed by atoms with Gasteiger partial charge in [0, 0.05) is 5.56 Å². The second-order valence-corrected chi connectivity index (χ2v) is 8.80. The summed E-state index contributed by atoms with van der Waals surface area (Å²) in [6.07, 6.45) is 1.39. The van der Waals surface area contributed by atoms with Crippen LogP contribution in [-0.4, -0.2) is 28.9 Å². The van der Waals surface area contributed by atoms with Gasteiger partial charge in [0.05, 0.1) is 25.3 Å². The molecule has 1 N–H and O–H groups in total. The fraction of sp³-hybridized carbons (Fsp3) is 0.350. The Morgan fingerprint density at radius 2 is 1.78 bits per heavy atom. The summed E-state index contributed by atoms with van der Waals surface area (Å²) in [7, 11) is -0.750. The maximum absolute atomic E-state index is 12.7. The third kappa shape index (κ3) is 4.80. The van der Waals surface area contributed by atoms with E-state index in [1.54, 1.807) is 31.2 Å². The number of ether oxygens (including phenoxy) is 2. The standard InChI is InChI=1S/C20H26N2O4S/c1-14-10-11-16(20(2,3)4)12-18(14)27(23,24)22-21-13-15-8-7-9-17(25-5)19(15)26-6/h7-13,22H,1-6H3/b21-13+. The molecule has 0 bridgehead atoms. The molecule has 0 amide bonds. The number of nitrogens with one attached hydrogen (secondary N) is 1. The average molecular weight is 391 g/mol. The maximum Gasteiger partial charge on any atom is 0.276 e. The number of sulfonamides is 1. The molecule has 27 heavy (non-hydrogen) atoms. The third-order valence-electron chi connectivity index (χ3n) is 4.15. The number of benzene rings is 2. The van der Waals surface area contributed by atoms with E-state index in [-0.39, 0.29) is 10.3 Å². The molecule has 0 saturated carbocycles. The molecule has 0 aliphatic rings. The van der Waals surface area contributed by atoms with Crippen LogP contribution >= 0.6 is 0 Å². The molecule has 0 spiro atoms. The molecule has 0 unspecified atom stereocenters. The van der Waals surface area contributed by atoms with Crippen LogP contribution in [-0.2, 0) is 15.4 Å². The largest absolute Gasteiger partial charge is 0.493 e. The Bertz CT molecular complexity index is 945. The molecule has 0 fully saturated rings. The Morgan fingerprint density at radius 3 is 2.37 bits per heavy atom. The molecular formula is C20H26N2O4S. The molecule has 7 heteroatoms. The Morgan fingerprint density at radius 1 is 1.07 bits per heavy atom. The molecule has 0 aromatic heterocycles. The number of nitrogens with zero attached hydrogens (tertiary/aromatic N) is 1. The fourth-order valence-corrected chi connectivity index (χ4v) is 3.65. The monoisotopic (exact) mass is 390 g/mol. The zero-order valence-electron chi connectivity index (χ0n) is 16.5. The van der Waals surface area contributed by atoms with Crippen molar-refractivity contribution in [2.24, 2.45) is 5.10 Å². The zero-order chi connectivity index (χ0) is 20.2. The summed E-state index contributed by atoms with van der Waals surface area (Å²) in [6.45, 7) is 7.87. The molecule has 2 rings (SSSR count). The number of methoxy groups -OCH3 is 2. The predicted molar refractivity (Wildman–Crippen MR) is 107 cm³/mol. The number of aryl methyl sites for hydroxylation is 1. The maximum atomic E-state index is 12.7. The highest BCUT2D eigenvalue weighted by Crippen LogP contribution is 2.29. The van der Waals surface area contributed by atoms with Gasteiger partial charge in [-0.2, -0.15) is 13.5 Å². The van der Waals surface area contributed by atoms with Crippen molar-refractivity contribution in [2.75, 3.05) is 14.2 Å². The van der Waals surface area contributed by atoms with Crippen LogP contribution in [0.1, 0.15) is 37.5 Å². The van der Waals surface area contributed by atoms with Crippen LogP contribution in [0.5, 0.6) is 11.5 Å². The Kier molecular flexibility index (Phi) is 6.15. The number of rotatable bonds is 6. The van der Waals surface area contributed by atoms with Gasteiger partial charge in [-0.1, -0.05) is 39.0 Å². The van der Waals surface area contributed by atoms with Gasteiger partial charge < -0.3 is 9.47 Å². The second-order valence-electron chi connectivity index (χ2n) is 7.17. The fourth-order valence-electron chi connectivity index (χ4n) is 2.58. The van der Waals surface area contributed by atoms with Crippen molar-refractivity contribution in [1.29, 1.82) is 0 Å². The van der Waals surface area contributed by atoms with Gasteiger partial charge in [-0.15, -0.1) is 0 Å². The van der Waals surface area contributed by atoms with Gasteiger partial charge in [0.25, 0.3) is 10.0 Å². The van der Waals surface area contributed by atoms with Crippen LogP contribution in [0, 0.1) is 6.92 Å². The zero-order valence-corrected chi connectivity index (χ0v) is 17.3. The smallest absolute Gasteiger partial charge is 0.276 e. The van der Waals surface area contributed by atoms with Crippen molar-refractivity contribution in [3.05, 3.63) is 53.1 Å². The van der Waals surface area contributed by atoms with Crippen molar-refractivity contribution < 1.29 is 17.9 Å². The highest BCUT2D eigenvalue weighted by atomic mass is 32.2. The lowest BCUT2D eigenvalue weighted by Gasteiger charge is -2.20. The lowest BCUT2D eigenvalue weighted by molar-refractivity contribution is 0.354. The lowest BCUT2D eigenvalue weighted by atomic mass is 9.87. The molecular weight excluding hydrogens is 364 g/mol. The predicted octanol–water partition coefficient (Wildman–Crippen LogP) is 3.62. The minimum absolute atomic E-state index is 0.158. The minimum atomic E-state index is -3.80. The van der Waals surface area contributed by atoms with Crippen LogP contribution in [0.15, 0.2) is 46.4 Å². The van der Waals surface area contributed by atoms with Gasteiger partial charge in [0.15, 0.2) is 11.5 Å². The number of para-hydroxylation sites is 1. The third-order valence-corrected chi connectivity index (χ3v) is 5.52. The first-order chi connectivity index (χ1) is 12.6. The Balaban J connectivity index is 2.32. The molecule has 0 heterocycles. The van der Waals surface area contributed by atoms with Crippen molar-refractivity contribution in [1.82, 2.24) is 4.83 Å². The van der Waals surface area contributed by atoms with E-state index >= 15 is 0 Å². The first-order valence-electron chi connectivity index (χ1n) is 8.47. The SMILES string of the molecule is COc1cccc(/C=N/NS(=O)(=O)c2cc(C(C)(C)C)ccc2C)c1OC.